The van der Waals surface area contributed by atoms with E-state index in [4.69, 9.17) is 4.74 Å². The normalized spacial score (nSPS) is 11.8. The highest BCUT2D eigenvalue weighted by molar-refractivity contribution is 5.91. The number of esters is 1. The fourth-order valence-electron chi connectivity index (χ4n) is 2.49. The van der Waals surface area contributed by atoms with Crippen molar-refractivity contribution in [2.24, 2.45) is 5.41 Å². The lowest BCUT2D eigenvalue weighted by atomic mass is 9.92. The van der Waals surface area contributed by atoms with Crippen molar-refractivity contribution in [3.63, 3.8) is 0 Å². The van der Waals surface area contributed by atoms with Crippen LogP contribution < -0.4 is 10.1 Å². The minimum Gasteiger partial charge on any atom is -0.426 e. The van der Waals surface area contributed by atoms with E-state index in [1.807, 2.05) is 45.2 Å². The van der Waals surface area contributed by atoms with Gasteiger partial charge in [0.1, 0.15) is 5.75 Å². The minimum atomic E-state index is -0.182. The Labute approximate surface area is 132 Å². The first-order valence-electron chi connectivity index (χ1n) is 7.91. The summed E-state index contributed by atoms with van der Waals surface area (Å²) in [5, 5.41) is 4.34. The van der Waals surface area contributed by atoms with Gasteiger partial charge in [-0.3, -0.25) is 4.79 Å². The van der Waals surface area contributed by atoms with Crippen LogP contribution in [0.25, 0.3) is 10.9 Å². The number of carbonyl (C=O) groups is 1. The monoisotopic (exact) mass is 302 g/mol. The van der Waals surface area contributed by atoms with Crippen molar-refractivity contribution in [2.45, 2.75) is 40.5 Å². The number of likely N-dealkylation sites (N-methyl/N-ethyl adjacent to an activating group) is 1. The summed E-state index contributed by atoms with van der Waals surface area (Å²) in [5.41, 5.74) is 2.11. The van der Waals surface area contributed by atoms with E-state index in [9.17, 15) is 4.79 Å². The third kappa shape index (κ3) is 4.34. The van der Waals surface area contributed by atoms with Gasteiger partial charge in [-0.05, 0) is 42.6 Å². The van der Waals surface area contributed by atoms with Crippen molar-refractivity contribution in [3.05, 3.63) is 30.0 Å². The molecule has 0 fully saturated rings. The van der Waals surface area contributed by atoms with Crippen molar-refractivity contribution >= 4 is 16.9 Å². The molecule has 22 heavy (non-hydrogen) atoms. The van der Waals surface area contributed by atoms with E-state index < -0.39 is 0 Å². The molecule has 4 nitrogen and oxygen atoms in total. The van der Waals surface area contributed by atoms with E-state index in [-0.39, 0.29) is 11.4 Å². The zero-order chi connectivity index (χ0) is 16.2. The van der Waals surface area contributed by atoms with Crippen molar-refractivity contribution in [1.82, 2.24) is 10.3 Å². The average Bonchev–Trinajstić information content (AvgIpc) is 2.81. The van der Waals surface area contributed by atoms with Crippen LogP contribution in [0.5, 0.6) is 5.75 Å². The van der Waals surface area contributed by atoms with Gasteiger partial charge < -0.3 is 15.0 Å². The van der Waals surface area contributed by atoms with Gasteiger partial charge in [-0.2, -0.15) is 0 Å². The van der Waals surface area contributed by atoms with Crippen LogP contribution in [0.4, 0.5) is 0 Å². The van der Waals surface area contributed by atoms with E-state index in [2.05, 4.69) is 17.2 Å². The summed E-state index contributed by atoms with van der Waals surface area (Å²) in [7, 11) is 0. The lowest BCUT2D eigenvalue weighted by Gasteiger charge is -2.17. The molecule has 2 aromatic rings. The first kappa shape index (κ1) is 16.6. The Hall–Kier alpha value is -1.81. The van der Waals surface area contributed by atoms with Gasteiger partial charge in [0.2, 0.25) is 0 Å². The van der Waals surface area contributed by atoms with Gasteiger partial charge in [-0.1, -0.05) is 33.8 Å². The number of benzene rings is 1. The largest absolute Gasteiger partial charge is 0.426 e. The molecule has 0 aliphatic rings. The van der Waals surface area contributed by atoms with Gasteiger partial charge in [-0.25, -0.2) is 0 Å². The van der Waals surface area contributed by atoms with Gasteiger partial charge >= 0.3 is 5.97 Å². The Morgan fingerprint density at radius 1 is 1.32 bits per heavy atom. The van der Waals surface area contributed by atoms with Crippen LogP contribution in [0.3, 0.4) is 0 Å². The topological polar surface area (TPSA) is 54.1 Å². The molecule has 120 valence electrons. The summed E-state index contributed by atoms with van der Waals surface area (Å²) in [6.07, 6.45) is 3.31. The molecule has 0 radical (unpaired) electrons. The summed E-state index contributed by atoms with van der Waals surface area (Å²) in [6.45, 7) is 10.1. The van der Waals surface area contributed by atoms with Crippen LogP contribution >= 0.6 is 0 Å². The number of carbonyl (C=O) groups excluding carboxylic acids is 1. The van der Waals surface area contributed by atoms with Crippen LogP contribution in [0.2, 0.25) is 0 Å². The lowest BCUT2D eigenvalue weighted by molar-refractivity contribution is -0.136. The second kappa shape index (κ2) is 6.97. The zero-order valence-corrected chi connectivity index (χ0v) is 14.0. The Morgan fingerprint density at radius 2 is 2.09 bits per heavy atom. The second-order valence-electron chi connectivity index (χ2n) is 6.81. The molecule has 4 heteroatoms. The Morgan fingerprint density at radius 3 is 2.77 bits per heavy atom. The quantitative estimate of drug-likeness (QED) is 0.486. The van der Waals surface area contributed by atoms with Crippen molar-refractivity contribution in [3.8, 4) is 5.75 Å². The number of aromatic amines is 1. The van der Waals surface area contributed by atoms with Gasteiger partial charge in [0.15, 0.2) is 0 Å². The highest BCUT2D eigenvalue weighted by Gasteiger charge is 2.19. The fourth-order valence-corrected chi connectivity index (χ4v) is 2.49. The summed E-state index contributed by atoms with van der Waals surface area (Å²) in [4.78, 5) is 15.4. The lowest BCUT2D eigenvalue weighted by Crippen LogP contribution is -2.18. The number of hydrogen-bond donors (Lipinski definition) is 2. The molecule has 0 atom stereocenters. The summed E-state index contributed by atoms with van der Waals surface area (Å²) in [6, 6.07) is 5.78. The number of aromatic nitrogens is 1. The van der Waals surface area contributed by atoms with Crippen LogP contribution in [0, 0.1) is 5.41 Å². The van der Waals surface area contributed by atoms with Crippen LogP contribution in [-0.4, -0.2) is 24.0 Å². The van der Waals surface area contributed by atoms with Crippen molar-refractivity contribution < 1.29 is 9.53 Å². The highest BCUT2D eigenvalue weighted by atomic mass is 16.5. The van der Waals surface area contributed by atoms with Gasteiger partial charge in [0.25, 0.3) is 0 Å². The van der Waals surface area contributed by atoms with E-state index >= 15 is 0 Å². The molecular weight excluding hydrogens is 276 g/mol. The number of H-pyrrole nitrogens is 1. The number of ether oxygens (including phenoxy) is 1. The molecular formula is C18H26N2O2. The summed E-state index contributed by atoms with van der Waals surface area (Å²) >= 11 is 0. The molecule has 0 unspecified atom stereocenters. The smallest absolute Gasteiger partial charge is 0.311 e. The number of fused-ring (bicyclic) bond motifs is 1. The standard InChI is InChI=1S/C18H26N2O2/c1-5-19-10-9-13-12-20-14-7-6-8-15(17(13)14)22-16(21)11-18(2,3)4/h6-8,12,19-20H,5,9-11H2,1-4H3. The fraction of sp³-hybridized carbons (Fsp3) is 0.500. The Kier molecular flexibility index (Phi) is 5.24. The second-order valence-corrected chi connectivity index (χ2v) is 6.81. The number of hydrogen-bond acceptors (Lipinski definition) is 3. The minimum absolute atomic E-state index is 0.0724. The van der Waals surface area contributed by atoms with E-state index in [1.165, 1.54) is 5.56 Å². The van der Waals surface area contributed by atoms with Gasteiger partial charge in [0, 0.05) is 17.1 Å². The van der Waals surface area contributed by atoms with E-state index in [0.29, 0.717) is 12.2 Å². The third-order valence-corrected chi connectivity index (χ3v) is 3.47. The first-order chi connectivity index (χ1) is 10.4. The molecule has 1 aromatic carbocycles. The van der Waals surface area contributed by atoms with E-state index in [0.717, 1.165) is 30.4 Å². The Bertz CT molecular complexity index is 638. The van der Waals surface area contributed by atoms with Gasteiger partial charge in [0.05, 0.1) is 6.42 Å². The maximum atomic E-state index is 12.1. The highest BCUT2D eigenvalue weighted by Crippen LogP contribution is 2.30. The summed E-state index contributed by atoms with van der Waals surface area (Å²) in [5.74, 6) is 0.471. The number of nitrogens with one attached hydrogen (secondary N) is 2. The van der Waals surface area contributed by atoms with Crippen LogP contribution in [0.1, 0.15) is 39.7 Å². The third-order valence-electron chi connectivity index (χ3n) is 3.47. The van der Waals surface area contributed by atoms with Gasteiger partial charge in [-0.15, -0.1) is 0 Å². The molecule has 2 rings (SSSR count). The van der Waals surface area contributed by atoms with E-state index in [1.54, 1.807) is 0 Å². The van der Waals surface area contributed by atoms with Crippen molar-refractivity contribution in [2.75, 3.05) is 13.1 Å². The molecule has 0 bridgehead atoms. The maximum Gasteiger partial charge on any atom is 0.311 e. The Balaban J connectivity index is 2.21. The molecule has 0 saturated carbocycles. The molecule has 1 heterocycles. The molecule has 0 amide bonds. The molecule has 0 saturated heterocycles. The predicted octanol–water partition coefficient (Wildman–Crippen LogP) is 3.66. The number of rotatable bonds is 6. The SMILES string of the molecule is CCNCCc1c[nH]c2cccc(OC(=O)CC(C)(C)C)c12. The molecule has 2 N–H and O–H groups in total. The predicted molar refractivity (Wildman–Crippen MR) is 90.3 cm³/mol. The zero-order valence-electron chi connectivity index (χ0n) is 14.0. The average molecular weight is 302 g/mol. The van der Waals surface area contributed by atoms with Crippen LogP contribution in [-0.2, 0) is 11.2 Å². The molecule has 0 spiro atoms. The molecule has 0 aliphatic heterocycles. The molecule has 1 aromatic heterocycles. The first-order valence-corrected chi connectivity index (χ1v) is 7.91. The summed E-state index contributed by atoms with van der Waals surface area (Å²) < 4.78 is 5.63. The maximum absolute atomic E-state index is 12.1. The molecule has 0 aliphatic carbocycles. The van der Waals surface area contributed by atoms with Crippen molar-refractivity contribution in [1.29, 1.82) is 0 Å². The van der Waals surface area contributed by atoms with Crippen LogP contribution in [0.15, 0.2) is 24.4 Å².